The van der Waals surface area contributed by atoms with Gasteiger partial charge in [-0.05, 0) is 71.8 Å². The van der Waals surface area contributed by atoms with E-state index >= 15 is 0 Å². The van der Waals surface area contributed by atoms with Gasteiger partial charge in [-0.25, -0.2) is 4.21 Å². The third kappa shape index (κ3) is 3.60. The largest absolute Gasteiger partial charge is 0.507 e. The summed E-state index contributed by atoms with van der Waals surface area (Å²) >= 11 is 0. The first-order valence-corrected chi connectivity index (χ1v) is 11.8. The highest BCUT2D eigenvalue weighted by molar-refractivity contribution is 7.94. The van der Waals surface area contributed by atoms with Gasteiger partial charge < -0.3 is 9.84 Å². The maximum Gasteiger partial charge on any atom is 0.257 e. The SMILES string of the molecule is CCOc1cccc(-c2cccc3c2CC[C@@H]3c2ccc(C3=CC(=O)NS3=O)c(O)c2)c1. The summed E-state index contributed by atoms with van der Waals surface area (Å²) in [7, 11) is -1.63. The zero-order valence-electron chi connectivity index (χ0n) is 17.6. The van der Waals surface area contributed by atoms with Gasteiger partial charge in [0.15, 0.2) is 11.0 Å². The molecule has 1 unspecified atom stereocenters. The van der Waals surface area contributed by atoms with Crippen molar-refractivity contribution >= 4 is 21.8 Å². The first-order valence-electron chi connectivity index (χ1n) is 10.7. The smallest absolute Gasteiger partial charge is 0.257 e. The summed E-state index contributed by atoms with van der Waals surface area (Å²) in [4.78, 5) is 11.8. The Morgan fingerprint density at radius 3 is 2.69 bits per heavy atom. The predicted molar refractivity (Wildman–Crippen MR) is 126 cm³/mol. The monoisotopic (exact) mass is 445 g/mol. The zero-order valence-corrected chi connectivity index (χ0v) is 18.4. The number of carbonyl (C=O) groups excluding carboxylic acids is 1. The van der Waals surface area contributed by atoms with E-state index in [2.05, 4.69) is 35.1 Å². The Hall–Kier alpha value is -3.38. The van der Waals surface area contributed by atoms with E-state index in [1.54, 1.807) is 12.1 Å². The summed E-state index contributed by atoms with van der Waals surface area (Å²) in [5.74, 6) is 0.659. The van der Waals surface area contributed by atoms with Crippen molar-refractivity contribution in [1.82, 2.24) is 4.72 Å². The second-order valence-electron chi connectivity index (χ2n) is 7.95. The van der Waals surface area contributed by atoms with Crippen LogP contribution in [0, 0.1) is 0 Å². The third-order valence-electron chi connectivity index (χ3n) is 6.07. The number of hydrogen-bond acceptors (Lipinski definition) is 4. The van der Waals surface area contributed by atoms with Crippen LogP contribution in [-0.4, -0.2) is 21.8 Å². The van der Waals surface area contributed by atoms with Gasteiger partial charge in [-0.2, -0.15) is 0 Å². The lowest BCUT2D eigenvalue weighted by Gasteiger charge is -2.16. The van der Waals surface area contributed by atoms with E-state index in [9.17, 15) is 14.1 Å². The summed E-state index contributed by atoms with van der Waals surface area (Å²) in [6.07, 6.45) is 3.18. The van der Waals surface area contributed by atoms with Gasteiger partial charge >= 0.3 is 0 Å². The Bertz CT molecular complexity index is 1280. The number of carbonyl (C=O) groups is 1. The van der Waals surface area contributed by atoms with E-state index in [0.717, 1.165) is 29.7 Å². The molecule has 0 fully saturated rings. The van der Waals surface area contributed by atoms with Crippen LogP contribution in [0.3, 0.4) is 0 Å². The fraction of sp³-hybridized carbons (Fsp3) is 0.192. The summed E-state index contributed by atoms with van der Waals surface area (Å²) < 4.78 is 20.1. The van der Waals surface area contributed by atoms with Gasteiger partial charge in [0.1, 0.15) is 11.5 Å². The number of hydrogen-bond donors (Lipinski definition) is 2. The molecule has 0 bridgehead atoms. The molecule has 0 spiro atoms. The average Bonchev–Trinajstić information content (AvgIpc) is 3.36. The van der Waals surface area contributed by atoms with Crippen molar-refractivity contribution in [2.45, 2.75) is 25.7 Å². The Kier molecular flexibility index (Phi) is 5.31. The lowest BCUT2D eigenvalue weighted by atomic mass is 9.90. The molecule has 1 aliphatic carbocycles. The van der Waals surface area contributed by atoms with Crippen LogP contribution in [0.5, 0.6) is 11.5 Å². The van der Waals surface area contributed by atoms with Gasteiger partial charge in [0, 0.05) is 17.6 Å². The molecule has 162 valence electrons. The number of ether oxygens (including phenoxy) is 1. The molecule has 5 nitrogen and oxygen atoms in total. The normalized spacial score (nSPS) is 19.4. The number of fused-ring (bicyclic) bond motifs is 1. The minimum Gasteiger partial charge on any atom is -0.507 e. The van der Waals surface area contributed by atoms with Crippen molar-refractivity contribution < 1.29 is 18.8 Å². The third-order valence-corrected chi connectivity index (χ3v) is 7.20. The molecular formula is C26H23NO4S. The standard InChI is InChI=1S/C26H23NO4S/c1-2-31-18-6-3-5-16(13-18)19-7-4-8-21-20(11-12-22(19)21)17-9-10-23(24(28)14-17)25-15-26(29)27-32(25)30/h3-10,13-15,20,28H,2,11-12H2,1H3,(H,27,29)/t20-,32?/m1/s1. The van der Waals surface area contributed by atoms with E-state index in [4.69, 9.17) is 4.74 Å². The van der Waals surface area contributed by atoms with Crippen molar-refractivity contribution in [3.63, 3.8) is 0 Å². The number of phenols is 1. The molecule has 2 aliphatic rings. The van der Waals surface area contributed by atoms with E-state index in [-0.39, 0.29) is 11.7 Å². The molecule has 32 heavy (non-hydrogen) atoms. The number of amides is 1. The molecule has 0 radical (unpaired) electrons. The highest BCUT2D eigenvalue weighted by Crippen LogP contribution is 2.44. The van der Waals surface area contributed by atoms with Crippen molar-refractivity contribution in [2.24, 2.45) is 0 Å². The highest BCUT2D eigenvalue weighted by atomic mass is 32.2. The molecule has 1 aliphatic heterocycles. The van der Waals surface area contributed by atoms with Crippen LogP contribution in [0.15, 0.2) is 66.7 Å². The maximum absolute atomic E-state index is 12.1. The van der Waals surface area contributed by atoms with E-state index in [0.29, 0.717) is 17.1 Å². The average molecular weight is 446 g/mol. The van der Waals surface area contributed by atoms with Crippen LogP contribution in [0.2, 0.25) is 0 Å². The number of phenolic OH excluding ortho intramolecular Hbond substituents is 1. The zero-order chi connectivity index (χ0) is 22.2. The molecule has 3 aromatic carbocycles. The van der Waals surface area contributed by atoms with E-state index < -0.39 is 16.9 Å². The Morgan fingerprint density at radius 1 is 1.09 bits per heavy atom. The molecule has 3 aromatic rings. The number of benzene rings is 3. The summed E-state index contributed by atoms with van der Waals surface area (Å²) in [5, 5.41) is 10.6. The molecule has 0 aromatic heterocycles. The molecule has 2 N–H and O–H groups in total. The first-order chi connectivity index (χ1) is 15.5. The van der Waals surface area contributed by atoms with Gasteiger partial charge in [-0.1, -0.05) is 36.4 Å². The summed E-state index contributed by atoms with van der Waals surface area (Å²) in [6, 6.07) is 20.0. The van der Waals surface area contributed by atoms with Gasteiger partial charge in [-0.3, -0.25) is 9.52 Å². The molecule has 1 heterocycles. The number of rotatable bonds is 5. The molecule has 5 rings (SSSR count). The minimum absolute atomic E-state index is 0.0348. The second-order valence-corrected chi connectivity index (χ2v) is 9.13. The van der Waals surface area contributed by atoms with Crippen LogP contribution in [0.25, 0.3) is 16.0 Å². The van der Waals surface area contributed by atoms with Crippen molar-refractivity contribution in [3.8, 4) is 22.6 Å². The first kappa shape index (κ1) is 20.5. The lowest BCUT2D eigenvalue weighted by molar-refractivity contribution is -0.114. The van der Waals surface area contributed by atoms with Crippen molar-refractivity contribution in [3.05, 3.63) is 89.0 Å². The minimum atomic E-state index is -1.63. The van der Waals surface area contributed by atoms with Crippen molar-refractivity contribution in [2.75, 3.05) is 6.61 Å². The molecule has 0 saturated carbocycles. The second kappa shape index (κ2) is 8.28. The van der Waals surface area contributed by atoms with Crippen molar-refractivity contribution in [1.29, 1.82) is 0 Å². The van der Waals surface area contributed by atoms with E-state index in [1.165, 1.54) is 22.8 Å². The topological polar surface area (TPSA) is 75.6 Å². The Morgan fingerprint density at radius 2 is 1.94 bits per heavy atom. The van der Waals surface area contributed by atoms with Gasteiger partial charge in [0.2, 0.25) is 0 Å². The molecule has 6 heteroatoms. The van der Waals surface area contributed by atoms with E-state index in [1.807, 2.05) is 25.1 Å². The fourth-order valence-corrected chi connectivity index (χ4v) is 5.63. The van der Waals surface area contributed by atoms with Crippen LogP contribution < -0.4 is 9.46 Å². The summed E-state index contributed by atoms with van der Waals surface area (Å²) in [6.45, 7) is 2.61. The maximum atomic E-state index is 12.1. The van der Waals surface area contributed by atoms with Crippen LogP contribution in [0.1, 0.15) is 41.5 Å². The van der Waals surface area contributed by atoms with Crippen LogP contribution in [-0.2, 0) is 22.2 Å². The van der Waals surface area contributed by atoms with Crippen LogP contribution >= 0.6 is 0 Å². The Balaban J connectivity index is 1.49. The predicted octanol–water partition coefficient (Wildman–Crippen LogP) is 4.67. The number of nitrogens with one attached hydrogen (secondary N) is 1. The van der Waals surface area contributed by atoms with Gasteiger partial charge in [0.05, 0.1) is 11.5 Å². The molecule has 2 atom stereocenters. The lowest BCUT2D eigenvalue weighted by Crippen LogP contribution is -2.16. The molecule has 0 saturated heterocycles. The molecular weight excluding hydrogens is 422 g/mol. The van der Waals surface area contributed by atoms with Crippen LogP contribution in [0.4, 0.5) is 0 Å². The highest BCUT2D eigenvalue weighted by Gasteiger charge is 2.28. The fourth-order valence-electron chi connectivity index (χ4n) is 4.69. The van der Waals surface area contributed by atoms with Gasteiger partial charge in [0.25, 0.3) is 5.91 Å². The molecule has 1 amide bonds. The number of aromatic hydroxyl groups is 1. The summed E-state index contributed by atoms with van der Waals surface area (Å²) in [5.41, 5.74) is 6.36. The van der Waals surface area contributed by atoms with Gasteiger partial charge in [-0.15, -0.1) is 0 Å². The quantitative estimate of drug-likeness (QED) is 0.598. The Labute approximate surface area is 189 Å².